The number of methoxy groups -OCH3 is 1. The average molecular weight is 378 g/mol. The summed E-state index contributed by atoms with van der Waals surface area (Å²) >= 11 is 0. The predicted octanol–water partition coefficient (Wildman–Crippen LogP) is 4.76. The predicted molar refractivity (Wildman–Crippen MR) is 108 cm³/mol. The number of anilines is 2. The Morgan fingerprint density at radius 3 is 2.46 bits per heavy atom. The number of carbonyl (C=O) groups excluding carboxylic acids is 1. The zero-order valence-electron chi connectivity index (χ0n) is 16.1. The first-order valence-electron chi connectivity index (χ1n) is 8.93. The van der Waals surface area contributed by atoms with E-state index in [-0.39, 0.29) is 5.91 Å². The molecule has 1 heterocycles. The van der Waals surface area contributed by atoms with Gasteiger partial charge >= 0.3 is 0 Å². The van der Waals surface area contributed by atoms with E-state index in [0.29, 0.717) is 17.9 Å². The molecule has 0 spiro atoms. The maximum Gasteiger partial charge on any atom is 0.246 e. The molecule has 0 aliphatic carbocycles. The molecule has 0 saturated carbocycles. The molecule has 0 saturated heterocycles. The largest absolute Gasteiger partial charge is 0.497 e. The number of nitro groups is 1. The molecule has 1 atom stereocenters. The molecule has 3 rings (SSSR count). The van der Waals surface area contributed by atoms with Gasteiger partial charge in [0.05, 0.1) is 17.7 Å². The quantitative estimate of drug-likeness (QED) is 0.413. The summed E-state index contributed by atoms with van der Waals surface area (Å²) < 4.78 is 5.20. The van der Waals surface area contributed by atoms with Crippen molar-refractivity contribution in [2.45, 2.75) is 25.7 Å². The van der Waals surface area contributed by atoms with Crippen LogP contribution in [-0.4, -0.2) is 17.9 Å². The van der Waals surface area contributed by atoms with Gasteiger partial charge in [0, 0.05) is 11.8 Å². The lowest BCUT2D eigenvalue weighted by molar-refractivity contribution is -0.402. The van der Waals surface area contributed by atoms with Crippen molar-refractivity contribution in [1.29, 1.82) is 0 Å². The number of para-hydroxylation sites is 1. The number of benzene rings is 2. The Morgan fingerprint density at radius 1 is 1.18 bits per heavy atom. The third-order valence-corrected chi connectivity index (χ3v) is 4.85. The summed E-state index contributed by atoms with van der Waals surface area (Å²) in [6.07, 6.45) is 4.57. The second-order valence-electron chi connectivity index (χ2n) is 6.91. The van der Waals surface area contributed by atoms with Crippen molar-refractivity contribution in [2.75, 3.05) is 12.0 Å². The topological polar surface area (TPSA) is 72.7 Å². The SMILES string of the molecule is COc1ccc(N2C(=O)C(/C=C/[N+](=O)[O-])(CC=C(C)C)c3ccccc32)cc1. The molecule has 2 aromatic rings. The minimum atomic E-state index is -1.12. The fourth-order valence-electron chi connectivity index (χ4n) is 3.44. The highest BCUT2D eigenvalue weighted by atomic mass is 16.6. The molecule has 0 radical (unpaired) electrons. The van der Waals surface area contributed by atoms with Crippen molar-refractivity contribution in [3.63, 3.8) is 0 Å². The maximum atomic E-state index is 13.7. The molecule has 6 nitrogen and oxygen atoms in total. The zero-order chi connectivity index (χ0) is 20.3. The zero-order valence-corrected chi connectivity index (χ0v) is 16.1. The summed E-state index contributed by atoms with van der Waals surface area (Å²) in [4.78, 5) is 25.8. The maximum absolute atomic E-state index is 13.7. The van der Waals surface area contributed by atoms with Gasteiger partial charge in [0.2, 0.25) is 12.1 Å². The Kier molecular flexibility index (Phi) is 5.31. The van der Waals surface area contributed by atoms with Gasteiger partial charge in [-0.1, -0.05) is 29.8 Å². The molecule has 144 valence electrons. The number of allylic oxidation sites excluding steroid dienone is 2. The van der Waals surface area contributed by atoms with Crippen LogP contribution in [0.2, 0.25) is 0 Å². The summed E-state index contributed by atoms with van der Waals surface area (Å²) in [5, 5.41) is 11.0. The summed E-state index contributed by atoms with van der Waals surface area (Å²) in [6, 6.07) is 14.6. The third kappa shape index (κ3) is 3.41. The van der Waals surface area contributed by atoms with Crippen LogP contribution in [0.4, 0.5) is 11.4 Å². The first-order chi connectivity index (χ1) is 13.4. The van der Waals surface area contributed by atoms with Gasteiger partial charge in [-0.15, -0.1) is 0 Å². The van der Waals surface area contributed by atoms with Crippen molar-refractivity contribution >= 4 is 17.3 Å². The molecule has 1 aliphatic heterocycles. The second-order valence-corrected chi connectivity index (χ2v) is 6.91. The first-order valence-corrected chi connectivity index (χ1v) is 8.93. The highest BCUT2D eigenvalue weighted by Gasteiger charge is 2.49. The minimum absolute atomic E-state index is 0.213. The van der Waals surface area contributed by atoms with E-state index in [1.807, 2.05) is 56.3 Å². The fourth-order valence-corrected chi connectivity index (χ4v) is 3.44. The van der Waals surface area contributed by atoms with E-state index in [9.17, 15) is 14.9 Å². The molecular formula is C22H22N2O4. The van der Waals surface area contributed by atoms with Crippen LogP contribution < -0.4 is 9.64 Å². The number of carbonyl (C=O) groups is 1. The van der Waals surface area contributed by atoms with Crippen molar-refractivity contribution in [2.24, 2.45) is 0 Å². The van der Waals surface area contributed by atoms with Crippen molar-refractivity contribution < 1.29 is 14.5 Å². The molecule has 1 amide bonds. The van der Waals surface area contributed by atoms with E-state index < -0.39 is 10.3 Å². The number of fused-ring (bicyclic) bond motifs is 1. The Labute approximate surface area is 163 Å². The van der Waals surface area contributed by atoms with Crippen LogP contribution in [0.15, 0.2) is 72.5 Å². The van der Waals surface area contributed by atoms with E-state index in [0.717, 1.165) is 23.0 Å². The molecule has 1 aliphatic rings. The molecule has 0 aromatic heterocycles. The highest BCUT2D eigenvalue weighted by molar-refractivity contribution is 6.14. The first kappa shape index (κ1) is 19.4. The summed E-state index contributed by atoms with van der Waals surface area (Å²) in [5.41, 5.74) is 2.09. The van der Waals surface area contributed by atoms with Gasteiger partial charge in [-0.3, -0.25) is 19.8 Å². The Hall–Kier alpha value is -3.41. The van der Waals surface area contributed by atoms with Gasteiger partial charge in [0.1, 0.15) is 11.2 Å². The molecule has 6 heteroatoms. The van der Waals surface area contributed by atoms with Crippen LogP contribution >= 0.6 is 0 Å². The van der Waals surface area contributed by atoms with E-state index in [4.69, 9.17) is 4.74 Å². The number of ether oxygens (including phenoxy) is 1. The standard InChI is InChI=1S/C22H22N2O4/c1-16(2)12-13-22(14-15-23(26)27)19-6-4-5-7-20(19)24(21(22)25)17-8-10-18(28-3)11-9-17/h4-12,14-15H,13H2,1-3H3/b15-14+. The molecule has 0 N–H and O–H groups in total. The van der Waals surface area contributed by atoms with Gasteiger partial charge in [-0.25, -0.2) is 0 Å². The lowest BCUT2D eigenvalue weighted by Gasteiger charge is -2.24. The van der Waals surface area contributed by atoms with Crippen molar-refractivity contribution in [1.82, 2.24) is 0 Å². The fraction of sp³-hybridized carbons (Fsp3) is 0.227. The van der Waals surface area contributed by atoms with Crippen LogP contribution in [-0.2, 0) is 10.2 Å². The van der Waals surface area contributed by atoms with Gasteiger partial charge < -0.3 is 4.74 Å². The van der Waals surface area contributed by atoms with E-state index >= 15 is 0 Å². The highest BCUT2D eigenvalue weighted by Crippen LogP contribution is 2.48. The van der Waals surface area contributed by atoms with E-state index in [1.165, 1.54) is 6.08 Å². The average Bonchev–Trinajstić information content (AvgIpc) is 2.93. The Bertz CT molecular complexity index is 959. The monoisotopic (exact) mass is 378 g/mol. The molecule has 1 unspecified atom stereocenters. The number of rotatable bonds is 6. The summed E-state index contributed by atoms with van der Waals surface area (Å²) in [5.74, 6) is 0.474. The number of nitrogens with zero attached hydrogens (tertiary/aromatic N) is 2. The molecular weight excluding hydrogens is 356 g/mol. The van der Waals surface area contributed by atoms with Gasteiger partial charge in [-0.05, 0) is 56.2 Å². The Balaban J connectivity index is 2.19. The Morgan fingerprint density at radius 2 is 1.86 bits per heavy atom. The number of hydrogen-bond donors (Lipinski definition) is 0. The van der Waals surface area contributed by atoms with Crippen LogP contribution in [0.5, 0.6) is 5.75 Å². The molecule has 28 heavy (non-hydrogen) atoms. The van der Waals surface area contributed by atoms with Crippen molar-refractivity contribution in [3.8, 4) is 5.75 Å². The normalized spacial score (nSPS) is 18.2. The van der Waals surface area contributed by atoms with Crippen LogP contribution in [0, 0.1) is 10.1 Å². The number of hydrogen-bond acceptors (Lipinski definition) is 4. The minimum Gasteiger partial charge on any atom is -0.497 e. The van der Waals surface area contributed by atoms with Crippen LogP contribution in [0.3, 0.4) is 0 Å². The van der Waals surface area contributed by atoms with Gasteiger partial charge in [0.25, 0.3) is 0 Å². The third-order valence-electron chi connectivity index (χ3n) is 4.85. The van der Waals surface area contributed by atoms with Gasteiger partial charge in [-0.2, -0.15) is 0 Å². The van der Waals surface area contributed by atoms with Crippen LogP contribution in [0.25, 0.3) is 0 Å². The lowest BCUT2D eigenvalue weighted by atomic mass is 9.78. The van der Waals surface area contributed by atoms with E-state index in [1.54, 1.807) is 24.1 Å². The smallest absolute Gasteiger partial charge is 0.246 e. The van der Waals surface area contributed by atoms with Crippen molar-refractivity contribution in [3.05, 3.63) is 88.1 Å². The molecule has 0 fully saturated rings. The van der Waals surface area contributed by atoms with Crippen LogP contribution in [0.1, 0.15) is 25.8 Å². The summed E-state index contributed by atoms with van der Waals surface area (Å²) in [6.45, 7) is 3.88. The molecule has 0 bridgehead atoms. The lowest BCUT2D eigenvalue weighted by Crippen LogP contribution is -2.36. The molecule has 2 aromatic carbocycles. The van der Waals surface area contributed by atoms with E-state index in [2.05, 4.69) is 0 Å². The summed E-state index contributed by atoms with van der Waals surface area (Å²) in [7, 11) is 1.58. The second kappa shape index (κ2) is 7.68. The number of amides is 1. The van der Waals surface area contributed by atoms with Gasteiger partial charge in [0.15, 0.2) is 0 Å².